The molecule has 0 spiro atoms. The average molecular weight is 577 g/mol. The number of hydrogen-bond donors (Lipinski definition) is 0. The Labute approximate surface area is 219 Å². The van der Waals surface area contributed by atoms with Crippen molar-refractivity contribution in [2.24, 2.45) is 5.92 Å². The molecule has 1 aromatic heterocycles. The summed E-state index contributed by atoms with van der Waals surface area (Å²) in [6, 6.07) is 9.45. The van der Waals surface area contributed by atoms with Gasteiger partial charge in [-0.3, -0.25) is 0 Å². The molecule has 3 aromatic rings. The van der Waals surface area contributed by atoms with Crippen LogP contribution >= 0.6 is 31.9 Å². The van der Waals surface area contributed by atoms with E-state index in [4.69, 9.17) is 0 Å². The molecular formula is C30H43Br2N. The monoisotopic (exact) mass is 575 g/mol. The average Bonchev–Trinajstić information content (AvgIpc) is 3.05. The van der Waals surface area contributed by atoms with Gasteiger partial charge in [-0.15, -0.1) is 0 Å². The molecule has 0 radical (unpaired) electrons. The first-order valence-corrected chi connectivity index (χ1v) is 14.9. The van der Waals surface area contributed by atoms with E-state index in [0.29, 0.717) is 0 Å². The van der Waals surface area contributed by atoms with E-state index in [-0.39, 0.29) is 0 Å². The predicted molar refractivity (Wildman–Crippen MR) is 155 cm³/mol. The van der Waals surface area contributed by atoms with E-state index in [1.165, 1.54) is 119 Å². The van der Waals surface area contributed by atoms with Crippen molar-refractivity contribution in [2.75, 3.05) is 0 Å². The highest BCUT2D eigenvalue weighted by molar-refractivity contribution is 9.10. The topological polar surface area (TPSA) is 4.93 Å². The number of nitrogens with zero attached hydrogens (tertiary/aromatic N) is 1. The minimum absolute atomic E-state index is 0.756. The number of unbranched alkanes of at least 4 members (excludes halogenated alkanes) is 8. The van der Waals surface area contributed by atoms with Gasteiger partial charge in [-0.2, -0.15) is 0 Å². The van der Waals surface area contributed by atoms with Gasteiger partial charge in [0.2, 0.25) is 0 Å². The summed E-state index contributed by atoms with van der Waals surface area (Å²) < 4.78 is 5.05. The number of halogens is 2. The van der Waals surface area contributed by atoms with E-state index in [2.05, 4.69) is 88.4 Å². The maximum Gasteiger partial charge on any atom is 0.0502 e. The number of aromatic nitrogens is 1. The number of benzene rings is 2. The summed E-state index contributed by atoms with van der Waals surface area (Å²) in [5, 5.41) is 2.79. The molecular weight excluding hydrogens is 534 g/mol. The van der Waals surface area contributed by atoms with Gasteiger partial charge in [0.05, 0.1) is 11.0 Å². The molecule has 0 aliphatic carbocycles. The van der Waals surface area contributed by atoms with Gasteiger partial charge >= 0.3 is 0 Å². The van der Waals surface area contributed by atoms with E-state index in [1.807, 2.05) is 0 Å². The second-order valence-corrected chi connectivity index (χ2v) is 11.8. The molecule has 2 aromatic carbocycles. The summed E-state index contributed by atoms with van der Waals surface area (Å²) in [6.07, 6.45) is 16.5. The highest BCUT2D eigenvalue weighted by Crippen LogP contribution is 2.37. The molecule has 1 heterocycles. The quantitative estimate of drug-likeness (QED) is 0.168. The Hall–Kier alpha value is -0.800. The fourth-order valence-electron chi connectivity index (χ4n) is 5.20. The van der Waals surface area contributed by atoms with Gasteiger partial charge in [-0.1, -0.05) is 110 Å². The van der Waals surface area contributed by atoms with Gasteiger partial charge in [-0.05, 0) is 68.0 Å². The zero-order chi connectivity index (χ0) is 23.8. The van der Waals surface area contributed by atoms with Crippen molar-refractivity contribution in [3.8, 4) is 0 Å². The Morgan fingerprint density at radius 2 is 1.06 bits per heavy atom. The molecule has 0 aliphatic rings. The summed E-state index contributed by atoms with van der Waals surface area (Å²) in [5.41, 5.74) is 5.37. The van der Waals surface area contributed by atoms with E-state index in [0.717, 1.165) is 12.5 Å². The molecule has 0 bridgehead atoms. The van der Waals surface area contributed by atoms with Crippen molar-refractivity contribution in [3.63, 3.8) is 0 Å². The van der Waals surface area contributed by atoms with Crippen LogP contribution in [0.4, 0.5) is 0 Å². The fourth-order valence-corrected chi connectivity index (χ4v) is 5.87. The third-order valence-electron chi connectivity index (χ3n) is 7.30. The molecule has 33 heavy (non-hydrogen) atoms. The lowest BCUT2D eigenvalue weighted by Gasteiger charge is -2.20. The maximum absolute atomic E-state index is 3.81. The number of aryl methyl sites for hydroxylation is 2. The van der Waals surface area contributed by atoms with E-state index in [9.17, 15) is 0 Å². The van der Waals surface area contributed by atoms with E-state index < -0.39 is 0 Å². The number of hydrogen-bond acceptors (Lipinski definition) is 0. The Kier molecular flexibility index (Phi) is 10.8. The van der Waals surface area contributed by atoms with E-state index in [1.54, 1.807) is 0 Å². The van der Waals surface area contributed by atoms with Gasteiger partial charge in [-0.25, -0.2) is 0 Å². The van der Waals surface area contributed by atoms with Crippen LogP contribution in [0.1, 0.15) is 102 Å². The van der Waals surface area contributed by atoms with Gasteiger partial charge < -0.3 is 4.57 Å². The Morgan fingerprint density at radius 3 is 1.55 bits per heavy atom. The summed E-state index contributed by atoms with van der Waals surface area (Å²) >= 11 is 7.62. The number of fused-ring (bicyclic) bond motifs is 3. The van der Waals surface area contributed by atoms with Crippen molar-refractivity contribution >= 4 is 53.7 Å². The Morgan fingerprint density at radius 1 is 0.636 bits per heavy atom. The maximum atomic E-state index is 3.81. The van der Waals surface area contributed by atoms with Crippen LogP contribution in [0.2, 0.25) is 0 Å². The first-order valence-electron chi connectivity index (χ1n) is 13.3. The lowest BCUT2D eigenvalue weighted by Crippen LogP contribution is -2.11. The molecule has 3 rings (SSSR count). The lowest BCUT2D eigenvalue weighted by atomic mass is 9.94. The molecule has 1 nitrogen and oxygen atoms in total. The van der Waals surface area contributed by atoms with Crippen LogP contribution in [-0.4, -0.2) is 4.57 Å². The summed E-state index contributed by atoms with van der Waals surface area (Å²) in [4.78, 5) is 0. The normalized spacial score (nSPS) is 12.8. The largest absolute Gasteiger partial charge is 0.340 e. The van der Waals surface area contributed by atoms with Gasteiger partial charge in [0, 0.05) is 26.3 Å². The third kappa shape index (κ3) is 7.10. The van der Waals surface area contributed by atoms with E-state index >= 15 is 0 Å². The predicted octanol–water partition coefficient (Wildman–Crippen LogP) is 11.3. The Bertz CT molecular complexity index is 968. The molecule has 1 unspecified atom stereocenters. The van der Waals surface area contributed by atoms with Gasteiger partial charge in [0.15, 0.2) is 0 Å². The fraction of sp³-hybridized carbons (Fsp3) is 0.600. The van der Waals surface area contributed by atoms with Gasteiger partial charge in [0.25, 0.3) is 0 Å². The third-order valence-corrected chi connectivity index (χ3v) is 9.01. The van der Waals surface area contributed by atoms with Crippen LogP contribution in [0.3, 0.4) is 0 Å². The lowest BCUT2D eigenvalue weighted by molar-refractivity contribution is 0.365. The van der Waals surface area contributed by atoms with Crippen LogP contribution < -0.4 is 0 Å². The highest BCUT2D eigenvalue weighted by atomic mass is 79.9. The molecule has 0 saturated heterocycles. The smallest absolute Gasteiger partial charge is 0.0502 e. The molecule has 0 saturated carbocycles. The molecule has 0 aliphatic heterocycles. The van der Waals surface area contributed by atoms with Crippen molar-refractivity contribution in [1.82, 2.24) is 4.57 Å². The summed E-state index contributed by atoms with van der Waals surface area (Å²) in [5.74, 6) is 0.756. The first kappa shape index (κ1) is 26.8. The van der Waals surface area contributed by atoms with Crippen molar-refractivity contribution in [1.29, 1.82) is 0 Å². The molecule has 3 heteroatoms. The first-order chi connectivity index (χ1) is 16.0. The Balaban J connectivity index is 1.88. The zero-order valence-corrected chi connectivity index (χ0v) is 24.5. The van der Waals surface area contributed by atoms with Crippen molar-refractivity contribution in [3.05, 3.63) is 44.3 Å². The highest BCUT2D eigenvalue weighted by Gasteiger charge is 2.17. The molecule has 0 N–H and O–H groups in total. The SMILES string of the molecule is CCCCCCCCC(CCCCCC)Cn1c2cc(Br)c(C)cc2c2cc(C)c(Br)cc21. The summed E-state index contributed by atoms with van der Waals surface area (Å²) in [6.45, 7) is 10.1. The molecule has 0 fully saturated rings. The van der Waals surface area contributed by atoms with Crippen molar-refractivity contribution < 1.29 is 0 Å². The second kappa shape index (κ2) is 13.3. The molecule has 1 atom stereocenters. The van der Waals surface area contributed by atoms with Crippen LogP contribution in [0, 0.1) is 19.8 Å². The second-order valence-electron chi connectivity index (χ2n) is 10.1. The van der Waals surface area contributed by atoms with Gasteiger partial charge in [0.1, 0.15) is 0 Å². The minimum Gasteiger partial charge on any atom is -0.340 e. The van der Waals surface area contributed by atoms with Crippen LogP contribution in [0.15, 0.2) is 33.2 Å². The minimum atomic E-state index is 0.756. The van der Waals surface area contributed by atoms with Crippen LogP contribution in [-0.2, 0) is 6.54 Å². The molecule has 182 valence electrons. The summed E-state index contributed by atoms with van der Waals surface area (Å²) in [7, 11) is 0. The number of rotatable bonds is 14. The van der Waals surface area contributed by atoms with Crippen LogP contribution in [0.5, 0.6) is 0 Å². The van der Waals surface area contributed by atoms with Crippen LogP contribution in [0.25, 0.3) is 21.8 Å². The standard InChI is InChI=1S/C30H43Br2N/c1-5-7-9-11-12-14-16-24(15-13-10-8-6-2)21-33-29-19-27(31)22(3)17-25(29)26-18-23(4)28(32)20-30(26)33/h17-20,24H,5-16,21H2,1-4H3. The molecule has 0 amide bonds. The zero-order valence-electron chi connectivity index (χ0n) is 21.3. The van der Waals surface area contributed by atoms with Crippen molar-refractivity contribution in [2.45, 2.75) is 111 Å².